The predicted octanol–water partition coefficient (Wildman–Crippen LogP) is 2.22. The van der Waals surface area contributed by atoms with Gasteiger partial charge in [0.15, 0.2) is 0 Å². The molecule has 0 aliphatic heterocycles. The van der Waals surface area contributed by atoms with E-state index in [0.29, 0.717) is 22.7 Å². The third-order valence-electron chi connectivity index (χ3n) is 2.54. The summed E-state index contributed by atoms with van der Waals surface area (Å²) in [6.45, 7) is 3.90. The van der Waals surface area contributed by atoms with E-state index in [1.807, 2.05) is 6.92 Å². The van der Waals surface area contributed by atoms with Gasteiger partial charge in [0.2, 0.25) is 0 Å². The second kappa shape index (κ2) is 5.87. The van der Waals surface area contributed by atoms with E-state index < -0.39 is 5.97 Å². The van der Waals surface area contributed by atoms with E-state index in [1.54, 1.807) is 30.9 Å². The van der Waals surface area contributed by atoms with E-state index in [9.17, 15) is 9.59 Å². The second-order valence-electron chi connectivity index (χ2n) is 4.18. The lowest BCUT2D eigenvalue weighted by Crippen LogP contribution is -2.13. The SMILES string of the molecule is CCOC(=O)c1cc(C)sc1NC(=O)c1cnn(C)c1. The molecule has 0 atom stereocenters. The Morgan fingerprint density at radius 1 is 1.50 bits per heavy atom. The van der Waals surface area contributed by atoms with Crippen LogP contribution < -0.4 is 5.32 Å². The number of carbonyl (C=O) groups excluding carboxylic acids is 2. The van der Waals surface area contributed by atoms with E-state index in [0.717, 1.165) is 4.88 Å². The van der Waals surface area contributed by atoms with Gasteiger partial charge < -0.3 is 10.1 Å². The van der Waals surface area contributed by atoms with Gasteiger partial charge >= 0.3 is 5.97 Å². The molecule has 1 N–H and O–H groups in total. The van der Waals surface area contributed by atoms with Crippen molar-refractivity contribution in [2.75, 3.05) is 11.9 Å². The zero-order chi connectivity index (χ0) is 14.7. The van der Waals surface area contributed by atoms with Crippen molar-refractivity contribution in [3.05, 3.63) is 34.5 Å². The van der Waals surface area contributed by atoms with Gasteiger partial charge in [-0.05, 0) is 19.9 Å². The maximum atomic E-state index is 12.1. The molecule has 106 valence electrons. The Hall–Kier alpha value is -2.15. The van der Waals surface area contributed by atoms with E-state index in [2.05, 4.69) is 10.4 Å². The zero-order valence-corrected chi connectivity index (χ0v) is 12.3. The molecule has 0 fully saturated rings. The highest BCUT2D eigenvalue weighted by atomic mass is 32.1. The number of rotatable bonds is 4. The molecule has 0 aliphatic carbocycles. The first-order valence-electron chi connectivity index (χ1n) is 6.08. The molecule has 7 heteroatoms. The third kappa shape index (κ3) is 3.05. The number of aromatic nitrogens is 2. The van der Waals surface area contributed by atoms with Crippen molar-refractivity contribution < 1.29 is 14.3 Å². The number of anilines is 1. The molecule has 0 bridgehead atoms. The van der Waals surface area contributed by atoms with Gasteiger partial charge in [-0.15, -0.1) is 11.3 Å². The molecule has 0 aromatic carbocycles. The summed E-state index contributed by atoms with van der Waals surface area (Å²) in [6, 6.07) is 1.71. The fraction of sp³-hybridized carbons (Fsp3) is 0.308. The van der Waals surface area contributed by atoms with E-state index in [4.69, 9.17) is 4.74 Å². The van der Waals surface area contributed by atoms with E-state index >= 15 is 0 Å². The summed E-state index contributed by atoms with van der Waals surface area (Å²) in [5.41, 5.74) is 0.819. The van der Waals surface area contributed by atoms with Crippen LogP contribution in [-0.2, 0) is 11.8 Å². The summed E-state index contributed by atoms with van der Waals surface area (Å²) in [7, 11) is 1.73. The lowest BCUT2D eigenvalue weighted by molar-refractivity contribution is 0.0528. The zero-order valence-electron chi connectivity index (χ0n) is 11.5. The minimum atomic E-state index is -0.432. The Bertz CT molecular complexity index is 645. The first kappa shape index (κ1) is 14.3. The molecule has 2 aromatic rings. The molecule has 0 aliphatic rings. The highest BCUT2D eigenvalue weighted by molar-refractivity contribution is 7.16. The average molecular weight is 293 g/mol. The van der Waals surface area contributed by atoms with Gasteiger partial charge in [0.25, 0.3) is 5.91 Å². The summed E-state index contributed by atoms with van der Waals surface area (Å²) >= 11 is 1.34. The first-order chi connectivity index (χ1) is 9.51. The molecule has 2 heterocycles. The predicted molar refractivity (Wildman–Crippen MR) is 76.2 cm³/mol. The molecule has 1 amide bonds. The molecule has 6 nitrogen and oxygen atoms in total. The number of esters is 1. The number of aryl methyl sites for hydroxylation is 2. The van der Waals surface area contributed by atoms with Crippen LogP contribution in [0.3, 0.4) is 0 Å². The van der Waals surface area contributed by atoms with Crippen LogP contribution in [0.2, 0.25) is 0 Å². The fourth-order valence-electron chi connectivity index (χ4n) is 1.68. The van der Waals surface area contributed by atoms with Crippen molar-refractivity contribution >= 4 is 28.2 Å². The Kier molecular flexibility index (Phi) is 4.19. The molecule has 2 aromatic heterocycles. The lowest BCUT2D eigenvalue weighted by Gasteiger charge is -2.04. The van der Waals surface area contributed by atoms with Crippen molar-refractivity contribution in [1.29, 1.82) is 0 Å². The van der Waals surface area contributed by atoms with Gasteiger partial charge in [-0.2, -0.15) is 5.10 Å². The van der Waals surface area contributed by atoms with Crippen LogP contribution in [0.1, 0.15) is 32.5 Å². The maximum absolute atomic E-state index is 12.1. The second-order valence-corrected chi connectivity index (χ2v) is 5.43. The third-order valence-corrected chi connectivity index (χ3v) is 3.51. The largest absolute Gasteiger partial charge is 0.462 e. The van der Waals surface area contributed by atoms with Crippen LogP contribution in [0.15, 0.2) is 18.5 Å². The summed E-state index contributed by atoms with van der Waals surface area (Å²) in [4.78, 5) is 24.8. The van der Waals surface area contributed by atoms with Gasteiger partial charge in [-0.3, -0.25) is 9.48 Å². The molecule has 0 spiro atoms. The summed E-state index contributed by atoms with van der Waals surface area (Å²) in [5.74, 6) is -0.733. The van der Waals surface area contributed by atoms with Crippen molar-refractivity contribution in [1.82, 2.24) is 9.78 Å². The Morgan fingerprint density at radius 2 is 2.25 bits per heavy atom. The lowest BCUT2D eigenvalue weighted by atomic mass is 10.3. The highest BCUT2D eigenvalue weighted by Crippen LogP contribution is 2.28. The number of nitrogens with one attached hydrogen (secondary N) is 1. The Morgan fingerprint density at radius 3 is 2.85 bits per heavy atom. The fourth-order valence-corrected chi connectivity index (χ4v) is 2.58. The highest BCUT2D eigenvalue weighted by Gasteiger charge is 2.18. The molecule has 0 unspecified atom stereocenters. The molecule has 0 saturated carbocycles. The summed E-state index contributed by atoms with van der Waals surface area (Å²) < 4.78 is 6.52. The van der Waals surface area contributed by atoms with Crippen LogP contribution >= 0.6 is 11.3 Å². The van der Waals surface area contributed by atoms with Crippen molar-refractivity contribution in [2.45, 2.75) is 13.8 Å². The van der Waals surface area contributed by atoms with Crippen LogP contribution in [-0.4, -0.2) is 28.3 Å². The van der Waals surface area contributed by atoms with E-state index in [1.165, 1.54) is 17.5 Å². The van der Waals surface area contributed by atoms with Crippen LogP contribution in [0.25, 0.3) is 0 Å². The van der Waals surface area contributed by atoms with E-state index in [-0.39, 0.29) is 5.91 Å². The number of carbonyl (C=O) groups is 2. The number of thiophene rings is 1. The molecule has 2 rings (SSSR count). The standard InChI is InChI=1S/C13H15N3O3S/c1-4-19-13(18)10-5-8(2)20-12(10)15-11(17)9-6-14-16(3)7-9/h5-7H,4H2,1-3H3,(H,15,17). The number of hydrogen-bond donors (Lipinski definition) is 1. The maximum Gasteiger partial charge on any atom is 0.341 e. The minimum absolute atomic E-state index is 0.295. The number of ether oxygens (including phenoxy) is 1. The number of hydrogen-bond acceptors (Lipinski definition) is 5. The quantitative estimate of drug-likeness (QED) is 0.877. The topological polar surface area (TPSA) is 73.2 Å². The average Bonchev–Trinajstić information content (AvgIpc) is 2.96. The summed E-state index contributed by atoms with van der Waals surface area (Å²) in [5, 5.41) is 7.16. The molecule has 0 radical (unpaired) electrons. The normalized spacial score (nSPS) is 10.3. The molecular weight excluding hydrogens is 278 g/mol. The molecular formula is C13H15N3O3S. The summed E-state index contributed by atoms with van der Waals surface area (Å²) in [6.07, 6.45) is 3.08. The smallest absolute Gasteiger partial charge is 0.341 e. The van der Waals surface area contributed by atoms with Gasteiger partial charge in [-0.25, -0.2) is 4.79 Å². The molecule has 0 saturated heterocycles. The minimum Gasteiger partial charge on any atom is -0.462 e. The van der Waals surface area contributed by atoms with Crippen molar-refractivity contribution in [3.63, 3.8) is 0 Å². The van der Waals surface area contributed by atoms with Gasteiger partial charge in [-0.1, -0.05) is 0 Å². The van der Waals surface area contributed by atoms with Crippen molar-refractivity contribution in [2.24, 2.45) is 7.05 Å². The Balaban J connectivity index is 2.21. The van der Waals surface area contributed by atoms with Gasteiger partial charge in [0.05, 0.1) is 23.9 Å². The van der Waals surface area contributed by atoms with Crippen LogP contribution in [0.5, 0.6) is 0 Å². The van der Waals surface area contributed by atoms with Crippen molar-refractivity contribution in [3.8, 4) is 0 Å². The monoisotopic (exact) mass is 293 g/mol. The van der Waals surface area contributed by atoms with Gasteiger partial charge in [0.1, 0.15) is 5.00 Å². The number of nitrogens with zero attached hydrogens (tertiary/aromatic N) is 2. The van der Waals surface area contributed by atoms with Crippen LogP contribution in [0, 0.1) is 6.92 Å². The Labute approximate surface area is 120 Å². The van der Waals surface area contributed by atoms with Crippen LogP contribution in [0.4, 0.5) is 5.00 Å². The number of amides is 1. The van der Waals surface area contributed by atoms with Gasteiger partial charge in [0, 0.05) is 18.1 Å². The molecule has 20 heavy (non-hydrogen) atoms. The first-order valence-corrected chi connectivity index (χ1v) is 6.90.